The van der Waals surface area contributed by atoms with Gasteiger partial charge in [0.15, 0.2) is 17.5 Å². The molecule has 0 atom stereocenters. The van der Waals surface area contributed by atoms with E-state index in [9.17, 15) is 2.74 Å². The Morgan fingerprint density at radius 1 is 0.364 bits per heavy atom. The Kier molecular flexibility index (Phi) is 5.34. The van der Waals surface area contributed by atoms with Gasteiger partial charge in [0, 0.05) is 27.5 Å². The first-order valence-electron chi connectivity index (χ1n) is 22.3. The Labute approximate surface area is 329 Å². The van der Waals surface area contributed by atoms with E-state index in [0.717, 1.165) is 38.4 Å². The maximum atomic E-state index is 9.31. The molecule has 0 aliphatic heterocycles. The van der Waals surface area contributed by atoms with Crippen molar-refractivity contribution in [3.63, 3.8) is 0 Å². The summed E-state index contributed by atoms with van der Waals surface area (Å²) < 4.78 is 86.3. The van der Waals surface area contributed by atoms with E-state index in [1.54, 1.807) is 0 Å². The second-order valence-corrected chi connectivity index (χ2v) is 13.3. The van der Waals surface area contributed by atoms with Crippen molar-refractivity contribution >= 4 is 54.3 Å². The highest BCUT2D eigenvalue weighted by Crippen LogP contribution is 2.38. The molecule has 2 aromatic heterocycles. The minimum atomic E-state index is -0.591. The molecule has 0 aliphatic rings. The normalized spacial score (nSPS) is 13.9. The van der Waals surface area contributed by atoms with Gasteiger partial charge in [-0.3, -0.25) is 0 Å². The number of hydrogen-bond acceptors (Lipinski definition) is 4. The van der Waals surface area contributed by atoms with Crippen LogP contribution in [0.1, 0.15) is 12.3 Å². The predicted molar refractivity (Wildman–Crippen MR) is 227 cm³/mol. The molecule has 0 saturated heterocycles. The van der Waals surface area contributed by atoms with Crippen molar-refractivity contribution in [1.82, 2.24) is 15.0 Å². The summed E-state index contributed by atoms with van der Waals surface area (Å²) in [4.78, 5) is 14.9. The van der Waals surface area contributed by atoms with Crippen LogP contribution in [0, 0.1) is 0 Å². The number of nitrogens with zero attached hydrogens (tertiary/aromatic N) is 3. The fourth-order valence-electron chi connectivity index (χ4n) is 7.37. The zero-order valence-corrected chi connectivity index (χ0v) is 29.0. The second-order valence-electron chi connectivity index (χ2n) is 13.3. The smallest absolute Gasteiger partial charge is 0.164 e. The van der Waals surface area contributed by atoms with Gasteiger partial charge in [0.2, 0.25) is 0 Å². The second kappa shape index (κ2) is 12.6. The van der Waals surface area contributed by atoms with Crippen LogP contribution in [0.5, 0.6) is 0 Å². The van der Waals surface area contributed by atoms with Crippen molar-refractivity contribution in [2.24, 2.45) is 0 Å². The van der Waals surface area contributed by atoms with Crippen molar-refractivity contribution < 1.29 is 16.8 Å². The third-order valence-electron chi connectivity index (χ3n) is 10.0. The number of furan rings is 1. The van der Waals surface area contributed by atoms with E-state index in [0.29, 0.717) is 22.3 Å². The van der Waals surface area contributed by atoms with E-state index < -0.39 is 54.4 Å². The highest BCUT2D eigenvalue weighted by atomic mass is 16.3. The zero-order chi connectivity index (χ0) is 44.1. The molecule has 256 valence electrons. The number of hydrogen-bond donors (Lipinski definition) is 0. The summed E-state index contributed by atoms with van der Waals surface area (Å²) in [6.45, 7) is 0. The van der Waals surface area contributed by atoms with Crippen LogP contribution < -0.4 is 0 Å². The maximum absolute atomic E-state index is 9.31. The van der Waals surface area contributed by atoms with Gasteiger partial charge >= 0.3 is 0 Å². The van der Waals surface area contributed by atoms with Crippen LogP contribution in [0.3, 0.4) is 0 Å². The fourth-order valence-corrected chi connectivity index (χ4v) is 7.37. The molecule has 0 radical (unpaired) electrons. The quantitative estimate of drug-likeness (QED) is 0.167. The van der Waals surface area contributed by atoms with E-state index in [-0.39, 0.29) is 44.6 Å². The highest BCUT2D eigenvalue weighted by molar-refractivity contribution is 6.13. The lowest BCUT2D eigenvalue weighted by Gasteiger charge is -2.12. The Bertz CT molecular complexity index is 3800. The van der Waals surface area contributed by atoms with Crippen molar-refractivity contribution in [3.05, 3.63) is 188 Å². The molecule has 11 rings (SSSR count). The molecular formula is C51H31N3O. The Hall–Kier alpha value is -7.43. The number of rotatable bonds is 5. The lowest BCUT2D eigenvalue weighted by Crippen LogP contribution is -2.01. The molecule has 9 aromatic carbocycles. The molecule has 0 spiro atoms. The summed E-state index contributed by atoms with van der Waals surface area (Å²) >= 11 is 0. The number of aromatic nitrogens is 3. The third kappa shape index (κ3) is 5.34. The molecule has 55 heavy (non-hydrogen) atoms. The number of para-hydroxylation sites is 1. The molecule has 0 fully saturated rings. The van der Waals surface area contributed by atoms with Gasteiger partial charge in [-0.2, -0.15) is 0 Å². The van der Waals surface area contributed by atoms with E-state index in [2.05, 4.69) is 54.6 Å². The SMILES string of the molecule is [2H]c1c([2H])c([2H])c2c(c1[2H])c([2H])c([2H])c1c(-c3nc(-c4cccc(-c5ccc(-c6ccc7ccccc7c6)cc5)c4)nc(-c4cccc5oc6ccccc6c45)n3)c([2H])c([2H])c([2H])c12. The van der Waals surface area contributed by atoms with Crippen LogP contribution in [0.4, 0.5) is 0 Å². The van der Waals surface area contributed by atoms with Gasteiger partial charge in [-0.1, -0.05) is 164 Å². The molecule has 0 N–H and O–H groups in total. The van der Waals surface area contributed by atoms with Gasteiger partial charge in [-0.25, -0.2) is 15.0 Å². The van der Waals surface area contributed by atoms with Crippen LogP contribution in [-0.4, -0.2) is 15.0 Å². The average molecular weight is 711 g/mol. The van der Waals surface area contributed by atoms with Crippen molar-refractivity contribution in [2.75, 3.05) is 0 Å². The van der Waals surface area contributed by atoms with Crippen LogP contribution in [-0.2, 0) is 0 Å². The van der Waals surface area contributed by atoms with Crippen LogP contribution in [0.25, 0.3) is 111 Å². The first kappa shape index (κ1) is 23.3. The summed E-state index contributed by atoms with van der Waals surface area (Å²) in [7, 11) is 0. The van der Waals surface area contributed by atoms with Gasteiger partial charge in [0.05, 0.1) is 12.3 Å². The summed E-state index contributed by atoms with van der Waals surface area (Å²) in [5.74, 6) is 0.275. The molecule has 11 aromatic rings. The first-order valence-corrected chi connectivity index (χ1v) is 17.8. The van der Waals surface area contributed by atoms with E-state index in [4.69, 9.17) is 29.0 Å². The third-order valence-corrected chi connectivity index (χ3v) is 10.0. The van der Waals surface area contributed by atoms with Gasteiger partial charge in [-0.05, 0) is 78.8 Å². The van der Waals surface area contributed by atoms with E-state index in [1.807, 2.05) is 78.9 Å². The van der Waals surface area contributed by atoms with Gasteiger partial charge in [0.25, 0.3) is 0 Å². The van der Waals surface area contributed by atoms with Gasteiger partial charge < -0.3 is 4.42 Å². The summed E-state index contributed by atoms with van der Waals surface area (Å²) in [6.07, 6.45) is 0. The number of fused-ring (bicyclic) bond motifs is 7. The minimum Gasteiger partial charge on any atom is -0.456 e. The monoisotopic (exact) mass is 710 g/mol. The molecule has 0 saturated carbocycles. The van der Waals surface area contributed by atoms with Gasteiger partial charge in [-0.15, -0.1) is 0 Å². The molecule has 4 heteroatoms. The summed E-state index contributed by atoms with van der Waals surface area (Å²) in [6, 6.07) is 38.9. The molecule has 2 heterocycles. The van der Waals surface area contributed by atoms with Crippen molar-refractivity contribution in [3.8, 4) is 56.4 Å². The standard InChI is InChI=1S/C51H31N3O/c1-2-12-36-30-38(27-26-32(36)10-1)34-24-22-33(23-25-34)37-13-7-14-39(31-37)49-52-50(43-18-8-17-41-40-15-4-3-11-35(40)28-29-42(41)43)54-51(53-49)45-19-9-21-47-48(45)44-16-5-6-20-46(44)55-47/h1-31H/i3D,4D,8D,11D,15D,17D,18D,28D,29D. The van der Waals surface area contributed by atoms with Crippen molar-refractivity contribution in [1.29, 1.82) is 0 Å². The summed E-state index contributed by atoms with van der Waals surface area (Å²) in [5.41, 5.74) is 6.26. The predicted octanol–water partition coefficient (Wildman–Crippen LogP) is 13.6. The van der Waals surface area contributed by atoms with Gasteiger partial charge in [0.1, 0.15) is 11.2 Å². The van der Waals surface area contributed by atoms with Crippen LogP contribution >= 0.6 is 0 Å². The minimum absolute atomic E-state index is 0.119. The topological polar surface area (TPSA) is 51.8 Å². The molecule has 0 aliphatic carbocycles. The Morgan fingerprint density at radius 3 is 1.93 bits per heavy atom. The number of benzene rings is 9. The fraction of sp³-hybridized carbons (Fsp3) is 0. The Morgan fingerprint density at radius 2 is 1.04 bits per heavy atom. The van der Waals surface area contributed by atoms with E-state index in [1.165, 1.54) is 5.39 Å². The average Bonchev–Trinajstić information content (AvgIpc) is 3.72. The summed E-state index contributed by atoms with van der Waals surface area (Å²) in [5, 5.41) is 3.12. The van der Waals surface area contributed by atoms with E-state index >= 15 is 0 Å². The zero-order valence-electron chi connectivity index (χ0n) is 38.0. The van der Waals surface area contributed by atoms with Crippen LogP contribution in [0.2, 0.25) is 0 Å². The maximum Gasteiger partial charge on any atom is 0.164 e. The lowest BCUT2D eigenvalue weighted by atomic mass is 9.97. The molecule has 4 nitrogen and oxygen atoms in total. The molecule has 0 bridgehead atoms. The first-order chi connectivity index (χ1) is 31.0. The Balaban J connectivity index is 1.15. The highest BCUT2D eigenvalue weighted by Gasteiger charge is 2.19. The van der Waals surface area contributed by atoms with Crippen molar-refractivity contribution in [2.45, 2.75) is 0 Å². The largest absolute Gasteiger partial charge is 0.456 e. The molecule has 0 unspecified atom stereocenters. The molecule has 0 amide bonds. The van der Waals surface area contributed by atoms with Crippen LogP contribution in [0.15, 0.2) is 192 Å². The lowest BCUT2D eigenvalue weighted by molar-refractivity contribution is 0.669. The molecular weight excluding hydrogens is 671 g/mol.